The molecule has 0 unspecified atom stereocenters. The second kappa shape index (κ2) is 6.50. The molecule has 1 amide bonds. The van der Waals surface area contributed by atoms with Crippen molar-refractivity contribution in [2.45, 2.75) is 6.92 Å². The quantitative estimate of drug-likeness (QED) is 0.796. The van der Waals surface area contributed by atoms with Gasteiger partial charge < -0.3 is 15.5 Å². The minimum Gasteiger partial charge on any atom is -0.478 e. The molecule has 0 aliphatic carbocycles. The predicted molar refractivity (Wildman–Crippen MR) is 84.5 cm³/mol. The molecule has 3 N–H and O–H groups in total. The first-order valence-corrected chi connectivity index (χ1v) is 6.86. The number of aromatic carboxylic acids is 2. The molecular weight excluding hydrogens is 322 g/mol. The van der Waals surface area contributed by atoms with Crippen molar-refractivity contribution < 1.29 is 24.6 Å². The number of carbonyl (C=O) groups excluding carboxylic acids is 1. The molecule has 0 radical (unpaired) electrons. The van der Waals surface area contributed by atoms with Gasteiger partial charge in [-0.3, -0.25) is 4.79 Å². The highest BCUT2D eigenvalue weighted by Crippen LogP contribution is 2.24. The average Bonchev–Trinajstić information content (AvgIpc) is 2.51. The van der Waals surface area contributed by atoms with Gasteiger partial charge in [-0.25, -0.2) is 9.59 Å². The summed E-state index contributed by atoms with van der Waals surface area (Å²) in [6, 6.07) is 8.24. The molecule has 118 valence electrons. The maximum atomic E-state index is 12.3. The van der Waals surface area contributed by atoms with Crippen LogP contribution in [0, 0.1) is 6.92 Å². The van der Waals surface area contributed by atoms with Gasteiger partial charge in [0, 0.05) is 10.7 Å². The van der Waals surface area contributed by atoms with Crippen LogP contribution in [0.25, 0.3) is 0 Å². The van der Waals surface area contributed by atoms with Gasteiger partial charge in [0.2, 0.25) is 0 Å². The van der Waals surface area contributed by atoms with E-state index in [1.54, 1.807) is 25.1 Å². The van der Waals surface area contributed by atoms with Crippen molar-refractivity contribution in [1.82, 2.24) is 0 Å². The Morgan fingerprint density at radius 3 is 2.30 bits per heavy atom. The van der Waals surface area contributed by atoms with Gasteiger partial charge in [-0.1, -0.05) is 17.7 Å². The van der Waals surface area contributed by atoms with Crippen molar-refractivity contribution in [2.75, 3.05) is 5.32 Å². The number of amides is 1. The van der Waals surface area contributed by atoms with Crippen molar-refractivity contribution >= 4 is 35.1 Å². The minimum atomic E-state index is -1.39. The van der Waals surface area contributed by atoms with Crippen LogP contribution in [0.1, 0.15) is 36.6 Å². The van der Waals surface area contributed by atoms with Crippen LogP contribution in [0.2, 0.25) is 5.02 Å². The second-order valence-electron chi connectivity index (χ2n) is 4.74. The van der Waals surface area contributed by atoms with Crippen LogP contribution in [0.5, 0.6) is 0 Å². The fourth-order valence-electron chi connectivity index (χ4n) is 1.98. The van der Waals surface area contributed by atoms with Gasteiger partial charge in [0.15, 0.2) is 0 Å². The van der Waals surface area contributed by atoms with Crippen LogP contribution in [-0.2, 0) is 0 Å². The van der Waals surface area contributed by atoms with Gasteiger partial charge >= 0.3 is 11.9 Å². The molecule has 0 fully saturated rings. The van der Waals surface area contributed by atoms with Crippen molar-refractivity contribution in [3.8, 4) is 0 Å². The molecule has 23 heavy (non-hydrogen) atoms. The summed E-state index contributed by atoms with van der Waals surface area (Å²) in [6.07, 6.45) is 0. The Hall–Kier alpha value is -2.86. The molecule has 0 saturated heterocycles. The largest absolute Gasteiger partial charge is 0.478 e. The van der Waals surface area contributed by atoms with Crippen LogP contribution < -0.4 is 5.32 Å². The lowest BCUT2D eigenvalue weighted by Gasteiger charge is -2.11. The SMILES string of the molecule is Cc1c(Cl)cccc1NC(=O)c1ccc(C(=O)O)cc1C(=O)O. The van der Waals surface area contributed by atoms with E-state index in [9.17, 15) is 19.5 Å². The molecule has 2 rings (SSSR count). The molecule has 0 heterocycles. The zero-order valence-electron chi connectivity index (χ0n) is 12.0. The summed E-state index contributed by atoms with van der Waals surface area (Å²) in [5.74, 6) is -3.32. The first-order valence-electron chi connectivity index (χ1n) is 6.48. The number of benzene rings is 2. The summed E-state index contributed by atoms with van der Waals surface area (Å²) in [7, 11) is 0. The van der Waals surface area contributed by atoms with Gasteiger partial charge in [-0.15, -0.1) is 0 Å². The van der Waals surface area contributed by atoms with E-state index in [4.69, 9.17) is 16.7 Å². The van der Waals surface area contributed by atoms with Gasteiger partial charge in [-0.05, 0) is 42.8 Å². The Morgan fingerprint density at radius 1 is 1.00 bits per heavy atom. The molecule has 0 saturated carbocycles. The van der Waals surface area contributed by atoms with E-state index in [1.165, 1.54) is 12.1 Å². The molecule has 2 aromatic carbocycles. The monoisotopic (exact) mass is 333 g/mol. The number of carboxylic acids is 2. The maximum Gasteiger partial charge on any atom is 0.336 e. The van der Waals surface area contributed by atoms with Crippen LogP contribution in [-0.4, -0.2) is 28.1 Å². The second-order valence-corrected chi connectivity index (χ2v) is 5.14. The topological polar surface area (TPSA) is 104 Å². The van der Waals surface area contributed by atoms with Crippen molar-refractivity contribution in [2.24, 2.45) is 0 Å². The van der Waals surface area contributed by atoms with Crippen molar-refractivity contribution in [3.05, 3.63) is 63.7 Å². The van der Waals surface area contributed by atoms with E-state index in [0.717, 1.165) is 6.07 Å². The van der Waals surface area contributed by atoms with E-state index in [-0.39, 0.29) is 16.7 Å². The number of hydrogen-bond donors (Lipinski definition) is 3. The third-order valence-electron chi connectivity index (χ3n) is 3.26. The molecule has 0 bridgehead atoms. The summed E-state index contributed by atoms with van der Waals surface area (Å²) in [5.41, 5.74) is 0.351. The fraction of sp³-hybridized carbons (Fsp3) is 0.0625. The van der Waals surface area contributed by atoms with E-state index in [2.05, 4.69) is 5.32 Å². The van der Waals surface area contributed by atoms with E-state index in [1.807, 2.05) is 0 Å². The van der Waals surface area contributed by atoms with E-state index < -0.39 is 17.8 Å². The number of carbonyl (C=O) groups is 3. The molecule has 0 aliphatic rings. The lowest BCUT2D eigenvalue weighted by atomic mass is 10.0. The predicted octanol–water partition coefficient (Wildman–Crippen LogP) is 3.30. The van der Waals surface area contributed by atoms with Crippen LogP contribution >= 0.6 is 11.6 Å². The van der Waals surface area contributed by atoms with Crippen LogP contribution in [0.15, 0.2) is 36.4 Å². The van der Waals surface area contributed by atoms with E-state index >= 15 is 0 Å². The van der Waals surface area contributed by atoms with Gasteiger partial charge in [0.1, 0.15) is 0 Å². The maximum absolute atomic E-state index is 12.3. The third-order valence-corrected chi connectivity index (χ3v) is 3.67. The molecule has 0 aliphatic heterocycles. The molecule has 7 heteroatoms. The normalized spacial score (nSPS) is 10.2. The lowest BCUT2D eigenvalue weighted by Crippen LogP contribution is -2.18. The highest BCUT2D eigenvalue weighted by atomic mass is 35.5. The zero-order valence-corrected chi connectivity index (χ0v) is 12.7. The van der Waals surface area contributed by atoms with E-state index in [0.29, 0.717) is 16.3 Å². The fourth-order valence-corrected chi connectivity index (χ4v) is 2.16. The molecular formula is C16H12ClNO5. The van der Waals surface area contributed by atoms with Gasteiger partial charge in [0.25, 0.3) is 5.91 Å². The van der Waals surface area contributed by atoms with Gasteiger partial charge in [-0.2, -0.15) is 0 Å². The third kappa shape index (κ3) is 3.49. The minimum absolute atomic E-state index is 0.137. The van der Waals surface area contributed by atoms with Crippen LogP contribution in [0.3, 0.4) is 0 Å². The van der Waals surface area contributed by atoms with Crippen molar-refractivity contribution in [3.63, 3.8) is 0 Å². The molecule has 6 nitrogen and oxygen atoms in total. The van der Waals surface area contributed by atoms with Crippen LogP contribution in [0.4, 0.5) is 5.69 Å². The first kappa shape index (κ1) is 16.5. The number of anilines is 1. The molecule has 0 aromatic heterocycles. The highest BCUT2D eigenvalue weighted by Gasteiger charge is 2.19. The Bertz CT molecular complexity index is 816. The number of carboxylic acid groups (broad SMARTS) is 2. The Labute approximate surface area is 136 Å². The first-order chi connectivity index (χ1) is 10.8. The molecule has 2 aromatic rings. The Kier molecular flexibility index (Phi) is 4.66. The molecule has 0 atom stereocenters. The lowest BCUT2D eigenvalue weighted by molar-refractivity contribution is 0.0692. The Balaban J connectivity index is 2.41. The summed E-state index contributed by atoms with van der Waals surface area (Å²) < 4.78 is 0. The smallest absolute Gasteiger partial charge is 0.336 e. The zero-order chi connectivity index (χ0) is 17.1. The van der Waals surface area contributed by atoms with Gasteiger partial charge in [0.05, 0.1) is 16.7 Å². The highest BCUT2D eigenvalue weighted by molar-refractivity contribution is 6.31. The summed E-state index contributed by atoms with van der Waals surface area (Å²) >= 11 is 5.97. The number of hydrogen-bond acceptors (Lipinski definition) is 3. The summed E-state index contributed by atoms with van der Waals surface area (Å²) in [4.78, 5) is 34.5. The summed E-state index contributed by atoms with van der Waals surface area (Å²) in [5, 5.41) is 21.1. The standard InChI is InChI=1S/C16H12ClNO5/c1-8-12(17)3-2-4-13(8)18-14(19)10-6-5-9(15(20)21)7-11(10)16(22)23/h2-7H,1H3,(H,18,19)(H,20,21)(H,22,23). The number of nitrogens with one attached hydrogen (secondary N) is 1. The Morgan fingerprint density at radius 2 is 1.70 bits per heavy atom. The number of halogens is 1. The average molecular weight is 334 g/mol. The summed E-state index contributed by atoms with van der Waals surface area (Å²) in [6.45, 7) is 1.71. The number of rotatable bonds is 4. The molecule has 0 spiro atoms. The van der Waals surface area contributed by atoms with Crippen molar-refractivity contribution in [1.29, 1.82) is 0 Å².